The normalized spacial score (nSPS) is 10.3. The first-order chi connectivity index (χ1) is 9.11. The van der Waals surface area contributed by atoms with E-state index in [1.165, 1.54) is 12.3 Å². The van der Waals surface area contributed by atoms with Crippen LogP contribution in [-0.2, 0) is 0 Å². The van der Waals surface area contributed by atoms with Gasteiger partial charge in [0.2, 0.25) is 5.95 Å². The van der Waals surface area contributed by atoms with Gasteiger partial charge in [0, 0.05) is 30.1 Å². The SMILES string of the molecule is CCN(C(=O)c1ccnc(F)c1)c1cccc(C)c1. The molecule has 98 valence electrons. The van der Waals surface area contributed by atoms with Gasteiger partial charge in [0.05, 0.1) is 0 Å². The predicted octanol–water partition coefficient (Wildman–Crippen LogP) is 3.20. The number of hydrogen-bond acceptors (Lipinski definition) is 2. The van der Waals surface area contributed by atoms with Crippen LogP contribution in [0.3, 0.4) is 0 Å². The third-order valence-corrected chi connectivity index (χ3v) is 2.85. The molecule has 0 radical (unpaired) electrons. The molecule has 0 unspecified atom stereocenters. The van der Waals surface area contributed by atoms with Gasteiger partial charge in [-0.15, -0.1) is 0 Å². The van der Waals surface area contributed by atoms with Crippen LogP contribution in [0.4, 0.5) is 10.1 Å². The Kier molecular flexibility index (Phi) is 3.90. The van der Waals surface area contributed by atoms with Crippen LogP contribution in [0.1, 0.15) is 22.8 Å². The molecule has 1 aromatic carbocycles. The number of amides is 1. The molecule has 0 aliphatic carbocycles. The van der Waals surface area contributed by atoms with E-state index in [4.69, 9.17) is 0 Å². The average Bonchev–Trinajstić information content (AvgIpc) is 2.39. The lowest BCUT2D eigenvalue weighted by Gasteiger charge is -2.21. The Morgan fingerprint density at radius 1 is 1.32 bits per heavy atom. The fraction of sp³-hybridized carbons (Fsp3) is 0.200. The highest BCUT2D eigenvalue weighted by molar-refractivity contribution is 6.06. The summed E-state index contributed by atoms with van der Waals surface area (Å²) in [5.74, 6) is -0.874. The zero-order valence-electron chi connectivity index (χ0n) is 10.9. The van der Waals surface area contributed by atoms with Crippen LogP contribution in [0.2, 0.25) is 0 Å². The summed E-state index contributed by atoms with van der Waals surface area (Å²) < 4.78 is 13.1. The molecule has 0 N–H and O–H groups in total. The van der Waals surface area contributed by atoms with Crippen molar-refractivity contribution >= 4 is 11.6 Å². The minimum atomic E-state index is -0.647. The minimum Gasteiger partial charge on any atom is -0.309 e. The van der Waals surface area contributed by atoms with Crippen molar-refractivity contribution in [3.8, 4) is 0 Å². The van der Waals surface area contributed by atoms with Gasteiger partial charge in [-0.3, -0.25) is 4.79 Å². The Balaban J connectivity index is 2.34. The van der Waals surface area contributed by atoms with Gasteiger partial charge < -0.3 is 4.90 Å². The Bertz CT molecular complexity index is 598. The van der Waals surface area contributed by atoms with Gasteiger partial charge in [0.1, 0.15) is 0 Å². The van der Waals surface area contributed by atoms with Gasteiger partial charge >= 0.3 is 0 Å². The number of aryl methyl sites for hydroxylation is 1. The molecule has 0 spiro atoms. The van der Waals surface area contributed by atoms with Crippen LogP contribution < -0.4 is 4.90 Å². The van der Waals surface area contributed by atoms with Crippen molar-refractivity contribution in [2.45, 2.75) is 13.8 Å². The van der Waals surface area contributed by atoms with Crippen LogP contribution in [0.5, 0.6) is 0 Å². The van der Waals surface area contributed by atoms with Crippen molar-refractivity contribution in [3.05, 3.63) is 59.7 Å². The van der Waals surface area contributed by atoms with E-state index in [1.807, 2.05) is 38.1 Å². The number of aromatic nitrogens is 1. The predicted molar refractivity (Wildman–Crippen MR) is 72.7 cm³/mol. The number of anilines is 1. The van der Waals surface area contributed by atoms with Gasteiger partial charge in [-0.05, 0) is 37.6 Å². The lowest BCUT2D eigenvalue weighted by atomic mass is 10.1. The largest absolute Gasteiger partial charge is 0.309 e. The van der Waals surface area contributed by atoms with E-state index in [0.29, 0.717) is 12.1 Å². The molecule has 0 atom stereocenters. The first kappa shape index (κ1) is 13.2. The summed E-state index contributed by atoms with van der Waals surface area (Å²) in [5, 5.41) is 0. The third-order valence-electron chi connectivity index (χ3n) is 2.85. The lowest BCUT2D eigenvalue weighted by molar-refractivity contribution is 0.0987. The summed E-state index contributed by atoms with van der Waals surface area (Å²) in [5.41, 5.74) is 2.19. The van der Waals surface area contributed by atoms with Crippen LogP contribution >= 0.6 is 0 Å². The van der Waals surface area contributed by atoms with Gasteiger partial charge in [-0.2, -0.15) is 4.39 Å². The van der Waals surface area contributed by atoms with Gasteiger partial charge in [0.15, 0.2) is 0 Å². The van der Waals surface area contributed by atoms with E-state index < -0.39 is 5.95 Å². The fourth-order valence-corrected chi connectivity index (χ4v) is 1.93. The first-order valence-electron chi connectivity index (χ1n) is 6.12. The minimum absolute atomic E-state index is 0.227. The molecule has 1 amide bonds. The molecule has 4 heteroatoms. The molecule has 0 aliphatic heterocycles. The molecule has 0 aliphatic rings. The fourth-order valence-electron chi connectivity index (χ4n) is 1.93. The van der Waals surface area contributed by atoms with E-state index in [0.717, 1.165) is 17.3 Å². The standard InChI is InChI=1S/C15H15FN2O/c1-3-18(13-6-4-5-11(2)9-13)15(19)12-7-8-17-14(16)10-12/h4-10H,3H2,1-2H3. The van der Waals surface area contributed by atoms with Crippen molar-refractivity contribution in [2.24, 2.45) is 0 Å². The molecule has 0 saturated carbocycles. The Hall–Kier alpha value is -2.23. The first-order valence-corrected chi connectivity index (χ1v) is 6.12. The molecule has 2 rings (SSSR count). The second-order valence-electron chi connectivity index (χ2n) is 4.26. The topological polar surface area (TPSA) is 33.2 Å². The summed E-state index contributed by atoms with van der Waals surface area (Å²) in [6.45, 7) is 4.37. The number of benzene rings is 1. The van der Waals surface area contributed by atoms with Crippen molar-refractivity contribution in [1.29, 1.82) is 0 Å². The van der Waals surface area contributed by atoms with Gasteiger partial charge in [-0.25, -0.2) is 4.98 Å². The van der Waals surface area contributed by atoms with E-state index in [9.17, 15) is 9.18 Å². The number of hydrogen-bond donors (Lipinski definition) is 0. The molecule has 0 bridgehead atoms. The zero-order chi connectivity index (χ0) is 13.8. The molecular weight excluding hydrogens is 243 g/mol. The highest BCUT2D eigenvalue weighted by Gasteiger charge is 2.16. The highest BCUT2D eigenvalue weighted by Crippen LogP contribution is 2.18. The summed E-state index contributed by atoms with van der Waals surface area (Å²) in [7, 11) is 0. The monoisotopic (exact) mass is 258 g/mol. The van der Waals surface area contributed by atoms with E-state index in [2.05, 4.69) is 4.98 Å². The molecule has 19 heavy (non-hydrogen) atoms. The highest BCUT2D eigenvalue weighted by atomic mass is 19.1. The van der Waals surface area contributed by atoms with E-state index >= 15 is 0 Å². The van der Waals surface area contributed by atoms with Crippen molar-refractivity contribution in [1.82, 2.24) is 4.98 Å². The number of pyridine rings is 1. The summed E-state index contributed by atoms with van der Waals surface area (Å²) >= 11 is 0. The Morgan fingerprint density at radius 3 is 2.74 bits per heavy atom. The zero-order valence-corrected chi connectivity index (χ0v) is 10.9. The summed E-state index contributed by atoms with van der Waals surface area (Å²) in [6, 6.07) is 10.3. The molecule has 2 aromatic rings. The molecule has 3 nitrogen and oxygen atoms in total. The van der Waals surface area contributed by atoms with Crippen LogP contribution in [0.15, 0.2) is 42.6 Å². The molecule has 0 fully saturated rings. The number of halogens is 1. The van der Waals surface area contributed by atoms with Crippen LogP contribution in [-0.4, -0.2) is 17.4 Å². The second kappa shape index (κ2) is 5.61. The molecular formula is C15H15FN2O. The van der Waals surface area contributed by atoms with Gasteiger partial charge in [0.25, 0.3) is 5.91 Å². The second-order valence-corrected chi connectivity index (χ2v) is 4.26. The Labute approximate surface area is 111 Å². The third kappa shape index (κ3) is 2.96. The lowest BCUT2D eigenvalue weighted by Crippen LogP contribution is -2.30. The molecule has 0 saturated heterocycles. The maximum atomic E-state index is 13.1. The Morgan fingerprint density at radius 2 is 2.11 bits per heavy atom. The van der Waals surface area contributed by atoms with Crippen molar-refractivity contribution < 1.29 is 9.18 Å². The summed E-state index contributed by atoms with van der Waals surface area (Å²) in [6.07, 6.45) is 1.30. The molecule has 1 heterocycles. The van der Waals surface area contributed by atoms with Gasteiger partial charge in [-0.1, -0.05) is 12.1 Å². The summed E-state index contributed by atoms with van der Waals surface area (Å²) in [4.78, 5) is 17.4. The van der Waals surface area contributed by atoms with Crippen molar-refractivity contribution in [3.63, 3.8) is 0 Å². The number of carbonyl (C=O) groups excluding carboxylic acids is 1. The van der Waals surface area contributed by atoms with Crippen LogP contribution in [0.25, 0.3) is 0 Å². The number of carbonyl (C=O) groups is 1. The number of nitrogens with zero attached hydrogens (tertiary/aromatic N) is 2. The van der Waals surface area contributed by atoms with Crippen LogP contribution in [0, 0.1) is 12.9 Å². The average molecular weight is 258 g/mol. The van der Waals surface area contributed by atoms with E-state index in [1.54, 1.807) is 4.90 Å². The smallest absolute Gasteiger partial charge is 0.258 e. The maximum absolute atomic E-state index is 13.1. The quantitative estimate of drug-likeness (QED) is 0.792. The molecule has 1 aromatic heterocycles. The number of rotatable bonds is 3. The van der Waals surface area contributed by atoms with Crippen molar-refractivity contribution in [2.75, 3.05) is 11.4 Å². The maximum Gasteiger partial charge on any atom is 0.258 e. The van der Waals surface area contributed by atoms with E-state index in [-0.39, 0.29) is 5.91 Å².